The number of pyridine rings is 1. The maximum absolute atomic E-state index is 11.4. The van der Waals surface area contributed by atoms with Gasteiger partial charge in [0.1, 0.15) is 5.41 Å². The van der Waals surface area contributed by atoms with Crippen LogP contribution in [0.1, 0.15) is 18.5 Å². The van der Waals surface area contributed by atoms with Gasteiger partial charge in [-0.1, -0.05) is 11.6 Å². The van der Waals surface area contributed by atoms with Gasteiger partial charge in [0.25, 0.3) is 0 Å². The Balaban J connectivity index is 2.38. The van der Waals surface area contributed by atoms with Crippen LogP contribution in [0.25, 0.3) is 0 Å². The lowest BCUT2D eigenvalue weighted by Crippen LogP contribution is -2.41. The lowest BCUT2D eigenvalue weighted by molar-refractivity contribution is -0.148. The molecule has 0 radical (unpaired) electrons. The highest BCUT2D eigenvalue weighted by atomic mass is 35.5. The number of carboxylic acids is 1. The second kappa shape index (κ2) is 4.39. The van der Waals surface area contributed by atoms with E-state index in [1.54, 1.807) is 12.1 Å². The van der Waals surface area contributed by atoms with Crippen LogP contribution in [0.4, 0.5) is 0 Å². The second-order valence-corrected chi connectivity index (χ2v) is 4.30. The van der Waals surface area contributed by atoms with Gasteiger partial charge in [0.05, 0.1) is 10.7 Å². The van der Waals surface area contributed by atoms with Gasteiger partial charge in [-0.05, 0) is 25.0 Å². The minimum absolute atomic E-state index is 0.455. The molecule has 4 nitrogen and oxygen atoms in total. The van der Waals surface area contributed by atoms with Gasteiger partial charge in [-0.2, -0.15) is 0 Å². The highest BCUT2D eigenvalue weighted by Gasteiger charge is 2.43. The van der Waals surface area contributed by atoms with Gasteiger partial charge < -0.3 is 9.84 Å². The lowest BCUT2D eigenvalue weighted by Gasteiger charge is -2.32. The molecule has 2 rings (SSSR count). The fourth-order valence-electron chi connectivity index (χ4n) is 1.96. The molecule has 1 aromatic heterocycles. The van der Waals surface area contributed by atoms with Crippen molar-refractivity contribution in [2.45, 2.75) is 18.3 Å². The molecule has 16 heavy (non-hydrogen) atoms. The Hall–Kier alpha value is -1.13. The predicted octanol–water partition coefficient (Wildman–Crippen LogP) is 1.87. The molecule has 0 unspecified atom stereocenters. The van der Waals surface area contributed by atoms with Crippen LogP contribution in [0.3, 0.4) is 0 Å². The van der Waals surface area contributed by atoms with Crippen molar-refractivity contribution in [2.75, 3.05) is 13.2 Å². The minimum Gasteiger partial charge on any atom is -0.481 e. The predicted molar refractivity (Wildman–Crippen MR) is 58.6 cm³/mol. The van der Waals surface area contributed by atoms with E-state index in [1.807, 2.05) is 0 Å². The van der Waals surface area contributed by atoms with E-state index in [-0.39, 0.29) is 0 Å². The van der Waals surface area contributed by atoms with Gasteiger partial charge >= 0.3 is 5.97 Å². The van der Waals surface area contributed by atoms with Crippen LogP contribution in [0, 0.1) is 0 Å². The molecule has 1 aromatic rings. The van der Waals surface area contributed by atoms with E-state index in [9.17, 15) is 9.90 Å². The monoisotopic (exact) mass is 241 g/mol. The van der Waals surface area contributed by atoms with Crippen LogP contribution < -0.4 is 0 Å². The van der Waals surface area contributed by atoms with Crippen LogP contribution in [0.2, 0.25) is 5.02 Å². The number of hydrogen-bond acceptors (Lipinski definition) is 3. The molecule has 5 heteroatoms. The molecule has 0 bridgehead atoms. The molecule has 0 aromatic carbocycles. The smallest absolute Gasteiger partial charge is 0.315 e. The van der Waals surface area contributed by atoms with Gasteiger partial charge in [-0.15, -0.1) is 0 Å². The number of nitrogens with zero attached hydrogens (tertiary/aromatic N) is 1. The summed E-state index contributed by atoms with van der Waals surface area (Å²) in [5.74, 6) is -0.842. The van der Waals surface area contributed by atoms with Crippen molar-refractivity contribution in [2.24, 2.45) is 0 Å². The molecule has 0 spiro atoms. The zero-order chi connectivity index (χ0) is 11.6. The summed E-state index contributed by atoms with van der Waals surface area (Å²) >= 11 is 5.74. The Bertz CT molecular complexity index is 385. The van der Waals surface area contributed by atoms with Crippen LogP contribution in [-0.2, 0) is 14.9 Å². The first-order valence-corrected chi connectivity index (χ1v) is 5.46. The molecule has 1 N–H and O–H groups in total. The highest BCUT2D eigenvalue weighted by molar-refractivity contribution is 6.30. The van der Waals surface area contributed by atoms with E-state index in [0.29, 0.717) is 36.8 Å². The third kappa shape index (κ3) is 1.90. The first kappa shape index (κ1) is 11.4. The molecular formula is C11H12ClNO3. The number of rotatable bonds is 2. The molecule has 86 valence electrons. The quantitative estimate of drug-likeness (QED) is 0.859. The van der Waals surface area contributed by atoms with Crippen molar-refractivity contribution in [1.29, 1.82) is 0 Å². The molecule has 0 atom stereocenters. The van der Waals surface area contributed by atoms with Crippen molar-refractivity contribution < 1.29 is 14.6 Å². The van der Waals surface area contributed by atoms with Crippen molar-refractivity contribution in [3.63, 3.8) is 0 Å². The zero-order valence-corrected chi connectivity index (χ0v) is 9.41. The van der Waals surface area contributed by atoms with Crippen LogP contribution in [0.5, 0.6) is 0 Å². The van der Waals surface area contributed by atoms with E-state index >= 15 is 0 Å². The fraction of sp³-hybridized carbons (Fsp3) is 0.455. The van der Waals surface area contributed by atoms with Gasteiger partial charge in [-0.3, -0.25) is 9.78 Å². The molecule has 0 saturated carbocycles. The average molecular weight is 242 g/mol. The van der Waals surface area contributed by atoms with Gasteiger partial charge in [0.15, 0.2) is 0 Å². The molecule has 1 aliphatic heterocycles. The average Bonchev–Trinajstić information content (AvgIpc) is 2.30. The number of halogens is 1. The summed E-state index contributed by atoms with van der Waals surface area (Å²) in [6, 6.07) is 3.35. The third-order valence-electron chi connectivity index (χ3n) is 2.97. The maximum Gasteiger partial charge on any atom is 0.315 e. The Labute approximate surface area is 98.2 Å². The lowest BCUT2D eigenvalue weighted by atomic mass is 9.77. The van der Waals surface area contributed by atoms with E-state index < -0.39 is 11.4 Å². The van der Waals surface area contributed by atoms with Crippen molar-refractivity contribution in [1.82, 2.24) is 4.98 Å². The van der Waals surface area contributed by atoms with Gasteiger partial charge in [0.2, 0.25) is 0 Å². The molecule has 1 aliphatic rings. The molecule has 1 saturated heterocycles. The Morgan fingerprint density at radius 3 is 2.62 bits per heavy atom. The summed E-state index contributed by atoms with van der Waals surface area (Å²) in [5.41, 5.74) is -0.351. The van der Waals surface area contributed by atoms with Crippen molar-refractivity contribution in [3.8, 4) is 0 Å². The van der Waals surface area contributed by atoms with E-state index in [1.165, 1.54) is 6.20 Å². The topological polar surface area (TPSA) is 59.4 Å². The molecule has 1 fully saturated rings. The number of hydrogen-bond donors (Lipinski definition) is 1. The molecular weight excluding hydrogens is 230 g/mol. The summed E-state index contributed by atoms with van der Waals surface area (Å²) in [5, 5.41) is 9.89. The van der Waals surface area contributed by atoms with Crippen molar-refractivity contribution >= 4 is 17.6 Å². The number of carbonyl (C=O) groups is 1. The van der Waals surface area contributed by atoms with E-state index in [4.69, 9.17) is 16.3 Å². The normalized spacial score (nSPS) is 19.3. The summed E-state index contributed by atoms with van der Waals surface area (Å²) in [6.07, 6.45) is 2.39. The highest BCUT2D eigenvalue weighted by Crippen LogP contribution is 2.34. The largest absolute Gasteiger partial charge is 0.481 e. The van der Waals surface area contributed by atoms with Gasteiger partial charge in [0, 0.05) is 19.4 Å². The Morgan fingerprint density at radius 1 is 1.44 bits per heavy atom. The minimum atomic E-state index is -0.914. The standard InChI is InChI=1S/C11H12ClNO3/c12-8-1-2-9(13-7-8)11(10(14)15)3-5-16-6-4-11/h1-2,7H,3-6H2,(H,14,15). The Kier molecular flexibility index (Phi) is 3.12. The first-order chi connectivity index (χ1) is 7.65. The summed E-state index contributed by atoms with van der Waals surface area (Å²) in [4.78, 5) is 15.6. The number of carboxylic acid groups (broad SMARTS) is 1. The maximum atomic E-state index is 11.4. The fourth-order valence-corrected chi connectivity index (χ4v) is 2.07. The van der Waals surface area contributed by atoms with Crippen LogP contribution in [0.15, 0.2) is 18.3 Å². The molecule has 2 heterocycles. The Morgan fingerprint density at radius 2 is 2.12 bits per heavy atom. The second-order valence-electron chi connectivity index (χ2n) is 3.86. The SMILES string of the molecule is O=C(O)C1(c2ccc(Cl)cn2)CCOCC1. The van der Waals surface area contributed by atoms with Crippen LogP contribution in [-0.4, -0.2) is 29.3 Å². The van der Waals surface area contributed by atoms with E-state index in [2.05, 4.69) is 4.98 Å². The summed E-state index contributed by atoms with van der Waals surface area (Å²) in [6.45, 7) is 0.910. The third-order valence-corrected chi connectivity index (χ3v) is 3.20. The van der Waals surface area contributed by atoms with Gasteiger partial charge in [-0.25, -0.2) is 0 Å². The molecule has 0 aliphatic carbocycles. The van der Waals surface area contributed by atoms with Crippen LogP contribution >= 0.6 is 11.6 Å². The number of aromatic nitrogens is 1. The number of ether oxygens (including phenoxy) is 1. The first-order valence-electron chi connectivity index (χ1n) is 5.08. The van der Waals surface area contributed by atoms with Crippen molar-refractivity contribution in [3.05, 3.63) is 29.0 Å². The number of aliphatic carboxylic acids is 1. The zero-order valence-electron chi connectivity index (χ0n) is 8.65. The molecule has 0 amide bonds. The summed E-state index contributed by atoms with van der Waals surface area (Å²) < 4.78 is 5.20. The summed E-state index contributed by atoms with van der Waals surface area (Å²) in [7, 11) is 0. The van der Waals surface area contributed by atoms with E-state index in [0.717, 1.165) is 0 Å².